The molecule has 2 aromatic rings. The molecule has 2 bridgehead atoms. The number of hydrogen-bond acceptors (Lipinski definition) is 9. The number of likely N-dealkylation sites (tertiary alicyclic amines) is 1. The van der Waals surface area contributed by atoms with Gasteiger partial charge in [-0.05, 0) is 43.7 Å². The van der Waals surface area contributed by atoms with Crippen LogP contribution in [0.15, 0.2) is 42.5 Å². The van der Waals surface area contributed by atoms with Crippen molar-refractivity contribution >= 4 is 50.5 Å². The van der Waals surface area contributed by atoms with Crippen molar-refractivity contribution in [2.75, 3.05) is 0 Å². The predicted molar refractivity (Wildman–Crippen MR) is 131 cm³/mol. The van der Waals surface area contributed by atoms with E-state index in [1.54, 1.807) is 43.9 Å². The van der Waals surface area contributed by atoms with E-state index in [0.29, 0.717) is 0 Å². The molecule has 0 N–H and O–H groups in total. The van der Waals surface area contributed by atoms with E-state index in [9.17, 15) is 36.1 Å². The summed E-state index contributed by atoms with van der Waals surface area (Å²) in [5, 5.41) is -4.52. The van der Waals surface area contributed by atoms with Gasteiger partial charge in [-0.15, -0.1) is 11.8 Å². The Morgan fingerprint density at radius 1 is 1.08 bits per heavy atom. The number of carbonyl (C=O) groups is 3. The second-order valence-corrected chi connectivity index (χ2v) is 13.3. The van der Waals surface area contributed by atoms with Crippen LogP contribution in [0.5, 0.6) is 0 Å². The van der Waals surface area contributed by atoms with E-state index >= 15 is 0 Å². The van der Waals surface area contributed by atoms with Crippen molar-refractivity contribution in [1.29, 1.82) is 0 Å². The minimum atomic E-state index is -6.12. The maximum Gasteiger partial charge on any atom is 0.338 e. The summed E-state index contributed by atoms with van der Waals surface area (Å²) in [7, 11) is -6.12. The van der Waals surface area contributed by atoms with Crippen LogP contribution in [0.3, 0.4) is 0 Å². The molecule has 1 amide bonds. The molecule has 0 saturated carbocycles. The third kappa shape index (κ3) is 4.47. The third-order valence-corrected chi connectivity index (χ3v) is 9.62. The SMILES string of the molecule is CC(C)(C)N1C(=O)C2C3SC(C(OC(=O)c4ccc5ccccc5c4)C31)C2C(=O)O[CH-]C(F)(F)S(=O)(=O)[O-].[Rf]. The number of ether oxygens (including phenoxy) is 2. The molecular formula is C25H23F2NO8RfS2-2. The summed E-state index contributed by atoms with van der Waals surface area (Å²) in [5.41, 5.74) is -0.459. The van der Waals surface area contributed by atoms with Crippen molar-refractivity contribution in [2.24, 2.45) is 11.8 Å². The van der Waals surface area contributed by atoms with Crippen molar-refractivity contribution in [3.05, 3.63) is 54.6 Å². The standard InChI is InChI=1S/C25H24F2NO8S2.Rf/c1-24(2,3)28-17-18(36-22(30)14-9-8-12-6-4-5-7-13(12)10-14)20-16(15(21(28)29)19(17)37-20)23(31)35-11-25(26,27)38(32,33)34;/h4-11,15-20H,1-3H3,(H,32,33,34);/q-1;/p-1. The van der Waals surface area contributed by atoms with Crippen LogP contribution in [0.2, 0.25) is 0 Å². The Kier molecular flexibility index (Phi) is 6.64. The average molecular weight is 835 g/mol. The quantitative estimate of drug-likeness (QED) is 0.245. The molecule has 39 heavy (non-hydrogen) atoms. The van der Waals surface area contributed by atoms with Gasteiger partial charge in [-0.2, -0.15) is 0 Å². The summed E-state index contributed by atoms with van der Waals surface area (Å²) >= 11 is 1.24. The van der Waals surface area contributed by atoms with Gasteiger partial charge in [0.25, 0.3) is 11.2 Å². The van der Waals surface area contributed by atoms with Crippen LogP contribution in [-0.2, 0) is 29.2 Å². The summed E-state index contributed by atoms with van der Waals surface area (Å²) in [6.45, 7) is 4.74. The zero-order valence-electron chi connectivity index (χ0n) is 21.1. The Labute approximate surface area is 221 Å². The second-order valence-electron chi connectivity index (χ2n) is 10.5. The Morgan fingerprint density at radius 3 is 2.33 bits per heavy atom. The van der Waals surface area contributed by atoms with E-state index in [1.165, 1.54) is 11.8 Å². The fourth-order valence-electron chi connectivity index (χ4n) is 5.58. The van der Waals surface area contributed by atoms with Crippen molar-refractivity contribution in [1.82, 2.24) is 4.90 Å². The fraction of sp³-hybridized carbons (Fsp3) is 0.440. The number of halogens is 2. The van der Waals surface area contributed by atoms with Gasteiger partial charge >= 0.3 is 5.97 Å². The molecule has 9 nitrogen and oxygen atoms in total. The van der Waals surface area contributed by atoms with E-state index in [0.717, 1.165) is 10.8 Å². The van der Waals surface area contributed by atoms with Crippen LogP contribution >= 0.6 is 11.8 Å². The number of amides is 1. The van der Waals surface area contributed by atoms with Crippen LogP contribution in [0.1, 0.15) is 31.1 Å². The van der Waals surface area contributed by atoms with Gasteiger partial charge in [0, 0.05) is 10.8 Å². The third-order valence-electron chi connectivity index (χ3n) is 7.10. The fourth-order valence-corrected chi connectivity index (χ4v) is 7.82. The first-order chi connectivity index (χ1) is 17.6. The first kappa shape index (κ1) is 28.2. The minimum absolute atomic E-state index is 0. The molecule has 0 spiro atoms. The molecule has 3 saturated heterocycles. The number of benzene rings is 2. The average Bonchev–Trinajstić information content (AvgIpc) is 3.44. The van der Waals surface area contributed by atoms with Gasteiger partial charge in [-0.25, -0.2) is 22.0 Å². The summed E-state index contributed by atoms with van der Waals surface area (Å²) in [5.74, 6) is -4.63. The van der Waals surface area contributed by atoms with Gasteiger partial charge in [-0.3, -0.25) is 9.59 Å². The van der Waals surface area contributed by atoms with E-state index in [2.05, 4.69) is 4.74 Å². The van der Waals surface area contributed by atoms with Gasteiger partial charge < -0.3 is 18.9 Å². The normalized spacial score (nSPS) is 27.9. The van der Waals surface area contributed by atoms with E-state index in [-0.39, 0.29) is 5.56 Å². The maximum absolute atomic E-state index is 13.6. The van der Waals surface area contributed by atoms with Crippen molar-refractivity contribution in [3.8, 4) is 0 Å². The number of rotatable bonds is 6. The first-order valence-corrected chi connectivity index (χ1v) is 14.0. The molecule has 206 valence electrons. The number of thioether (sulfide) groups is 1. The molecule has 3 aliphatic heterocycles. The van der Waals surface area contributed by atoms with Crippen molar-refractivity contribution in [3.63, 3.8) is 0 Å². The Balaban J connectivity index is 0.00000353. The predicted octanol–water partition coefficient (Wildman–Crippen LogP) is 2.95. The maximum atomic E-state index is 13.6. The van der Waals surface area contributed by atoms with Gasteiger partial charge in [0.2, 0.25) is 5.91 Å². The van der Waals surface area contributed by atoms with E-state index in [4.69, 9.17) is 4.74 Å². The molecule has 6 atom stereocenters. The van der Waals surface area contributed by atoms with Crippen molar-refractivity contribution < 1.29 is 45.6 Å². The molecule has 6 unspecified atom stereocenters. The van der Waals surface area contributed by atoms with Crippen molar-refractivity contribution in [2.45, 2.75) is 54.2 Å². The number of nitrogens with zero attached hydrogens (tertiary/aromatic N) is 1. The van der Waals surface area contributed by atoms with Gasteiger partial charge in [0.1, 0.15) is 16.2 Å². The Hall–Kier alpha value is -3.77. The second kappa shape index (κ2) is 9.16. The zero-order chi connectivity index (χ0) is 27.8. The number of alkyl halides is 2. The van der Waals surface area contributed by atoms with Gasteiger partial charge in [0.05, 0.1) is 28.7 Å². The topological polar surface area (TPSA) is 130 Å². The number of fused-ring (bicyclic) bond motifs is 2. The molecule has 0 radical (unpaired) electrons. The molecule has 3 fully saturated rings. The first-order valence-electron chi connectivity index (χ1n) is 11.7. The van der Waals surface area contributed by atoms with Crippen LogP contribution < -0.4 is 0 Å². The van der Waals surface area contributed by atoms with Crippen LogP contribution in [-0.4, -0.2) is 69.2 Å². The van der Waals surface area contributed by atoms with Crippen LogP contribution in [0, 0.1) is 18.4 Å². The molecular weight excluding hydrogens is 811 g/mol. The van der Waals surface area contributed by atoms with Gasteiger partial charge in [0.15, 0.2) is 0 Å². The zero-order valence-corrected chi connectivity index (χ0v) is 29.1. The molecule has 0 aromatic heterocycles. The molecule has 14 heteroatoms. The number of carbonyl (C=O) groups excluding carboxylic acids is 3. The molecule has 3 aliphatic rings. The monoisotopic (exact) mass is 834 g/mol. The summed E-state index contributed by atoms with van der Waals surface area (Å²) in [6.07, 6.45) is -0.966. The number of esters is 2. The number of hydrogen-bond donors (Lipinski definition) is 0. The van der Waals surface area contributed by atoms with E-state index in [1.807, 2.05) is 24.3 Å². The minimum Gasteiger partial charge on any atom is -0.746 e. The summed E-state index contributed by atoms with van der Waals surface area (Å²) in [4.78, 5) is 41.2. The van der Waals surface area contributed by atoms with Gasteiger partial charge in [-0.1, -0.05) is 36.9 Å². The summed E-state index contributed by atoms with van der Waals surface area (Å²) in [6, 6.07) is 11.9. The summed E-state index contributed by atoms with van der Waals surface area (Å²) < 4.78 is 69.9. The molecule has 2 aromatic carbocycles. The molecule has 0 aliphatic carbocycles. The molecule has 3 heterocycles. The largest absolute Gasteiger partial charge is 0.746 e. The smallest absolute Gasteiger partial charge is 0.338 e. The Bertz CT molecular complexity index is 1450. The van der Waals surface area contributed by atoms with E-state index < -0.39 is 79.8 Å². The molecule has 5 rings (SSSR count). The van der Waals surface area contributed by atoms with Crippen LogP contribution in [0.4, 0.5) is 8.78 Å². The van der Waals surface area contributed by atoms with Crippen LogP contribution in [0.25, 0.3) is 10.8 Å². The Morgan fingerprint density at radius 2 is 1.72 bits per heavy atom.